The zero-order valence-electron chi connectivity index (χ0n) is 12.6. The first kappa shape index (κ1) is 15.3. The van der Waals surface area contributed by atoms with E-state index < -0.39 is 5.97 Å². The number of nitrogens with one attached hydrogen (secondary N) is 1. The molecule has 6 nitrogen and oxygen atoms in total. The van der Waals surface area contributed by atoms with Gasteiger partial charge in [0, 0.05) is 10.7 Å². The Labute approximate surface area is 137 Å². The minimum atomic E-state index is -0.465. The van der Waals surface area contributed by atoms with Crippen molar-refractivity contribution in [1.82, 2.24) is 9.97 Å². The number of aryl methyl sites for hydroxylation is 1. The molecule has 0 saturated heterocycles. The highest BCUT2D eigenvalue weighted by molar-refractivity contribution is 6.30. The highest BCUT2D eigenvalue weighted by Gasteiger charge is 2.23. The SMILES string of the molecule is CCOC(=O)c1c(C)oc2ncnc(Nc3cccc(Cl)c3)c12. The van der Waals surface area contributed by atoms with Crippen LogP contribution in [-0.2, 0) is 4.74 Å². The molecule has 118 valence electrons. The molecule has 0 radical (unpaired) electrons. The Balaban J connectivity index is 2.11. The van der Waals surface area contributed by atoms with E-state index in [4.69, 9.17) is 20.8 Å². The van der Waals surface area contributed by atoms with E-state index in [1.165, 1.54) is 6.33 Å². The number of carbonyl (C=O) groups excluding carboxylic acids is 1. The quantitative estimate of drug-likeness (QED) is 0.725. The summed E-state index contributed by atoms with van der Waals surface area (Å²) in [6.45, 7) is 3.71. The molecule has 3 rings (SSSR count). The van der Waals surface area contributed by atoms with Gasteiger partial charge in [-0.15, -0.1) is 0 Å². The summed E-state index contributed by atoms with van der Waals surface area (Å²) in [6.07, 6.45) is 1.37. The number of esters is 1. The van der Waals surface area contributed by atoms with Gasteiger partial charge in [-0.05, 0) is 32.0 Å². The maximum atomic E-state index is 12.2. The molecular weight excluding hydrogens is 318 g/mol. The van der Waals surface area contributed by atoms with Crippen LogP contribution in [0.2, 0.25) is 5.02 Å². The fourth-order valence-corrected chi connectivity index (χ4v) is 2.48. The van der Waals surface area contributed by atoms with Gasteiger partial charge in [0.2, 0.25) is 5.71 Å². The second-order valence-corrected chi connectivity index (χ2v) is 5.23. The molecule has 0 fully saturated rings. The molecular formula is C16H14ClN3O3. The van der Waals surface area contributed by atoms with E-state index in [1.54, 1.807) is 26.0 Å². The average molecular weight is 332 g/mol. The van der Waals surface area contributed by atoms with Crippen molar-refractivity contribution in [1.29, 1.82) is 0 Å². The summed E-state index contributed by atoms with van der Waals surface area (Å²) < 4.78 is 10.6. The largest absolute Gasteiger partial charge is 0.462 e. The molecule has 1 aromatic carbocycles. The van der Waals surface area contributed by atoms with Gasteiger partial charge in [0.25, 0.3) is 0 Å². The first-order valence-corrected chi connectivity index (χ1v) is 7.41. The maximum Gasteiger partial charge on any atom is 0.342 e. The zero-order valence-corrected chi connectivity index (χ0v) is 13.3. The van der Waals surface area contributed by atoms with Crippen molar-refractivity contribution in [2.24, 2.45) is 0 Å². The summed E-state index contributed by atoms with van der Waals surface area (Å²) >= 11 is 5.99. The topological polar surface area (TPSA) is 77.2 Å². The number of anilines is 2. The Hall–Kier alpha value is -2.60. The van der Waals surface area contributed by atoms with Crippen molar-refractivity contribution < 1.29 is 13.9 Å². The predicted octanol–water partition coefficient (Wildman–Crippen LogP) is 4.10. The minimum Gasteiger partial charge on any atom is -0.462 e. The Bertz CT molecular complexity index is 876. The lowest BCUT2D eigenvalue weighted by molar-refractivity contribution is 0.0526. The van der Waals surface area contributed by atoms with Crippen LogP contribution in [0.3, 0.4) is 0 Å². The first-order valence-electron chi connectivity index (χ1n) is 7.04. The summed E-state index contributed by atoms with van der Waals surface area (Å²) in [4.78, 5) is 20.5. The van der Waals surface area contributed by atoms with Crippen LogP contribution in [-0.4, -0.2) is 22.5 Å². The third-order valence-electron chi connectivity index (χ3n) is 3.23. The Morgan fingerprint density at radius 1 is 1.39 bits per heavy atom. The zero-order chi connectivity index (χ0) is 16.4. The average Bonchev–Trinajstić information content (AvgIpc) is 2.84. The monoisotopic (exact) mass is 331 g/mol. The van der Waals surface area contributed by atoms with Gasteiger partial charge < -0.3 is 14.5 Å². The van der Waals surface area contributed by atoms with Crippen LogP contribution in [0.25, 0.3) is 11.1 Å². The number of benzene rings is 1. The Kier molecular flexibility index (Phi) is 4.16. The Morgan fingerprint density at radius 3 is 2.96 bits per heavy atom. The number of hydrogen-bond donors (Lipinski definition) is 1. The number of nitrogens with zero attached hydrogens (tertiary/aromatic N) is 2. The summed E-state index contributed by atoms with van der Waals surface area (Å²) in [5.74, 6) is 0.429. The van der Waals surface area contributed by atoms with Crippen LogP contribution in [0.5, 0.6) is 0 Å². The van der Waals surface area contributed by atoms with E-state index in [9.17, 15) is 4.79 Å². The summed E-state index contributed by atoms with van der Waals surface area (Å²) in [6, 6.07) is 7.19. The third-order valence-corrected chi connectivity index (χ3v) is 3.47. The number of hydrogen-bond acceptors (Lipinski definition) is 6. The molecule has 0 aliphatic carbocycles. The minimum absolute atomic E-state index is 0.274. The molecule has 1 N–H and O–H groups in total. The smallest absolute Gasteiger partial charge is 0.342 e. The van der Waals surface area contributed by atoms with Crippen LogP contribution in [0.1, 0.15) is 23.0 Å². The molecule has 0 aliphatic heterocycles. The van der Waals surface area contributed by atoms with Crippen LogP contribution in [0.4, 0.5) is 11.5 Å². The number of aromatic nitrogens is 2. The van der Waals surface area contributed by atoms with Gasteiger partial charge in [0.1, 0.15) is 23.5 Å². The van der Waals surface area contributed by atoms with Crippen LogP contribution in [0, 0.1) is 6.92 Å². The molecule has 2 aromatic heterocycles. The second kappa shape index (κ2) is 6.26. The molecule has 0 aliphatic rings. The molecule has 0 bridgehead atoms. The van der Waals surface area contributed by atoms with Gasteiger partial charge in [-0.3, -0.25) is 0 Å². The van der Waals surface area contributed by atoms with Crippen molar-refractivity contribution >= 4 is 40.2 Å². The fourth-order valence-electron chi connectivity index (χ4n) is 2.29. The van der Waals surface area contributed by atoms with Gasteiger partial charge in [-0.25, -0.2) is 14.8 Å². The van der Waals surface area contributed by atoms with E-state index >= 15 is 0 Å². The first-order chi connectivity index (χ1) is 11.1. The van der Waals surface area contributed by atoms with Crippen molar-refractivity contribution in [2.45, 2.75) is 13.8 Å². The summed E-state index contributed by atoms with van der Waals surface area (Å²) in [5.41, 5.74) is 1.39. The second-order valence-electron chi connectivity index (χ2n) is 4.79. The van der Waals surface area contributed by atoms with Gasteiger partial charge in [-0.2, -0.15) is 0 Å². The molecule has 0 atom stereocenters. The summed E-state index contributed by atoms with van der Waals surface area (Å²) in [5, 5.41) is 4.22. The van der Waals surface area contributed by atoms with Crippen molar-refractivity contribution in [3.8, 4) is 0 Å². The van der Waals surface area contributed by atoms with Gasteiger partial charge in [0.15, 0.2) is 0 Å². The molecule has 0 amide bonds. The van der Waals surface area contributed by atoms with Gasteiger partial charge in [-0.1, -0.05) is 17.7 Å². The number of fused-ring (bicyclic) bond motifs is 1. The van der Waals surface area contributed by atoms with Crippen molar-refractivity contribution in [3.05, 3.63) is 46.9 Å². The van der Waals surface area contributed by atoms with Crippen LogP contribution < -0.4 is 5.32 Å². The van der Waals surface area contributed by atoms with E-state index in [2.05, 4.69) is 15.3 Å². The number of carbonyl (C=O) groups is 1. The third kappa shape index (κ3) is 2.98. The lowest BCUT2D eigenvalue weighted by Gasteiger charge is -2.07. The molecule has 0 spiro atoms. The highest BCUT2D eigenvalue weighted by atomic mass is 35.5. The molecule has 2 heterocycles. The van der Waals surface area contributed by atoms with E-state index in [0.717, 1.165) is 5.69 Å². The normalized spacial score (nSPS) is 10.7. The Morgan fingerprint density at radius 2 is 2.22 bits per heavy atom. The molecule has 0 saturated carbocycles. The van der Waals surface area contributed by atoms with Crippen molar-refractivity contribution in [3.63, 3.8) is 0 Å². The number of ether oxygens (including phenoxy) is 1. The lowest BCUT2D eigenvalue weighted by Crippen LogP contribution is -2.06. The molecule has 23 heavy (non-hydrogen) atoms. The molecule has 3 aromatic rings. The predicted molar refractivity (Wildman–Crippen MR) is 87.2 cm³/mol. The van der Waals surface area contributed by atoms with Gasteiger partial charge in [0.05, 0.1) is 12.0 Å². The van der Waals surface area contributed by atoms with E-state index in [1.807, 2.05) is 12.1 Å². The maximum absolute atomic E-state index is 12.2. The van der Waals surface area contributed by atoms with Gasteiger partial charge >= 0.3 is 5.97 Å². The van der Waals surface area contributed by atoms with Crippen LogP contribution >= 0.6 is 11.6 Å². The lowest BCUT2D eigenvalue weighted by atomic mass is 10.2. The van der Waals surface area contributed by atoms with E-state index in [-0.39, 0.29) is 6.61 Å². The molecule has 7 heteroatoms. The fraction of sp³-hybridized carbons (Fsp3) is 0.188. The highest BCUT2D eigenvalue weighted by Crippen LogP contribution is 2.31. The number of rotatable bonds is 4. The number of furan rings is 1. The number of halogens is 1. The standard InChI is InChI=1S/C16H14ClN3O3/c1-3-22-16(21)12-9(2)23-15-13(12)14(18-8-19-15)20-11-6-4-5-10(17)7-11/h4-8H,3H2,1-2H3,(H,18,19,20). The van der Waals surface area contributed by atoms with Crippen molar-refractivity contribution in [2.75, 3.05) is 11.9 Å². The molecule has 0 unspecified atom stereocenters. The van der Waals surface area contributed by atoms with Crippen LogP contribution in [0.15, 0.2) is 35.0 Å². The summed E-state index contributed by atoms with van der Waals surface area (Å²) in [7, 11) is 0. The van der Waals surface area contributed by atoms with E-state index in [0.29, 0.717) is 33.3 Å².